The van der Waals surface area contributed by atoms with Gasteiger partial charge in [0.15, 0.2) is 0 Å². The number of aromatic nitrogens is 1. The first kappa shape index (κ1) is 10.6. The van der Waals surface area contributed by atoms with Gasteiger partial charge in [0.1, 0.15) is 5.58 Å². The average molecular weight is 292 g/mol. The fraction of sp³-hybridized carbons (Fsp3) is 0.154. The molecule has 2 heterocycles. The Labute approximate surface area is 106 Å². The van der Waals surface area contributed by atoms with E-state index in [1.807, 2.05) is 36.7 Å². The Morgan fingerprint density at radius 1 is 1.24 bits per heavy atom. The Hall–Kier alpha value is -1.55. The Balaban J connectivity index is 2.62. The molecule has 0 atom stereocenters. The predicted molar refractivity (Wildman–Crippen MR) is 71.4 cm³/mol. The molecule has 17 heavy (non-hydrogen) atoms. The molecule has 0 amide bonds. The SMILES string of the molecule is Cc1ccc2oc3c(cc(Br)n3C)c(=O)c2c1. The zero-order valence-corrected chi connectivity index (χ0v) is 11.0. The number of nitrogens with zero attached hydrogens (tertiary/aromatic N) is 1. The molecule has 3 aromatic rings. The van der Waals surface area contributed by atoms with Crippen molar-refractivity contribution in [3.05, 3.63) is 44.7 Å². The summed E-state index contributed by atoms with van der Waals surface area (Å²) in [5.41, 5.74) is 2.30. The summed E-state index contributed by atoms with van der Waals surface area (Å²) in [4.78, 5) is 12.3. The van der Waals surface area contributed by atoms with Gasteiger partial charge in [0.2, 0.25) is 11.1 Å². The molecule has 0 spiro atoms. The number of rotatable bonds is 0. The van der Waals surface area contributed by atoms with Gasteiger partial charge >= 0.3 is 0 Å². The van der Waals surface area contributed by atoms with Gasteiger partial charge in [0.25, 0.3) is 0 Å². The summed E-state index contributed by atoms with van der Waals surface area (Å²) in [7, 11) is 1.86. The highest BCUT2D eigenvalue weighted by Gasteiger charge is 2.12. The van der Waals surface area contributed by atoms with E-state index in [0.717, 1.165) is 10.2 Å². The molecule has 86 valence electrons. The highest BCUT2D eigenvalue weighted by Crippen LogP contribution is 2.24. The smallest absolute Gasteiger partial charge is 0.212 e. The van der Waals surface area contributed by atoms with Crippen molar-refractivity contribution in [1.82, 2.24) is 4.57 Å². The lowest BCUT2D eigenvalue weighted by atomic mass is 10.1. The zero-order valence-electron chi connectivity index (χ0n) is 9.45. The first-order valence-corrected chi connectivity index (χ1v) is 6.05. The Kier molecular flexibility index (Phi) is 2.16. The van der Waals surface area contributed by atoms with Gasteiger partial charge in [0.05, 0.1) is 15.4 Å². The minimum atomic E-state index is 0.0197. The van der Waals surface area contributed by atoms with E-state index in [2.05, 4.69) is 15.9 Å². The molecule has 1 aromatic carbocycles. The van der Waals surface area contributed by atoms with Crippen LogP contribution in [0.4, 0.5) is 0 Å². The number of benzene rings is 1. The van der Waals surface area contributed by atoms with Crippen LogP contribution in [-0.2, 0) is 7.05 Å². The molecular weight excluding hydrogens is 282 g/mol. The van der Waals surface area contributed by atoms with Gasteiger partial charge in [-0.3, -0.25) is 4.79 Å². The van der Waals surface area contributed by atoms with Gasteiger partial charge in [-0.1, -0.05) is 11.6 Å². The molecule has 0 saturated heterocycles. The fourth-order valence-corrected chi connectivity index (χ4v) is 2.39. The molecule has 0 aliphatic rings. The van der Waals surface area contributed by atoms with E-state index in [4.69, 9.17) is 4.42 Å². The lowest BCUT2D eigenvalue weighted by Gasteiger charge is -2.01. The molecule has 0 unspecified atom stereocenters. The average Bonchev–Trinajstić information content (AvgIpc) is 2.58. The molecule has 0 radical (unpaired) electrons. The summed E-state index contributed by atoms with van der Waals surface area (Å²) < 4.78 is 8.42. The van der Waals surface area contributed by atoms with E-state index in [9.17, 15) is 4.79 Å². The highest BCUT2D eigenvalue weighted by molar-refractivity contribution is 9.10. The van der Waals surface area contributed by atoms with Crippen molar-refractivity contribution >= 4 is 38.0 Å². The number of aryl methyl sites for hydroxylation is 2. The Morgan fingerprint density at radius 2 is 2.00 bits per heavy atom. The van der Waals surface area contributed by atoms with Gasteiger partial charge in [-0.15, -0.1) is 0 Å². The fourth-order valence-electron chi connectivity index (χ4n) is 2.00. The largest absolute Gasteiger partial charge is 0.439 e. The number of hydrogen-bond donors (Lipinski definition) is 0. The van der Waals surface area contributed by atoms with Crippen LogP contribution in [-0.4, -0.2) is 4.57 Å². The van der Waals surface area contributed by atoms with Crippen LogP contribution in [0.15, 0.2) is 38.1 Å². The van der Waals surface area contributed by atoms with Crippen molar-refractivity contribution in [3.63, 3.8) is 0 Å². The summed E-state index contributed by atoms with van der Waals surface area (Å²) in [5.74, 6) is 0. The minimum absolute atomic E-state index is 0.0197. The lowest BCUT2D eigenvalue weighted by molar-refractivity contribution is 0.620. The van der Waals surface area contributed by atoms with Crippen molar-refractivity contribution in [2.24, 2.45) is 7.05 Å². The maximum atomic E-state index is 12.3. The van der Waals surface area contributed by atoms with E-state index in [1.165, 1.54) is 0 Å². The molecule has 0 N–H and O–H groups in total. The summed E-state index contributed by atoms with van der Waals surface area (Å²) in [6.45, 7) is 1.96. The number of fused-ring (bicyclic) bond motifs is 2. The van der Waals surface area contributed by atoms with Crippen molar-refractivity contribution < 1.29 is 4.42 Å². The van der Waals surface area contributed by atoms with Gasteiger partial charge in [0, 0.05) is 7.05 Å². The van der Waals surface area contributed by atoms with E-state index in [-0.39, 0.29) is 5.43 Å². The van der Waals surface area contributed by atoms with E-state index >= 15 is 0 Å². The number of hydrogen-bond acceptors (Lipinski definition) is 2. The van der Waals surface area contributed by atoms with Crippen molar-refractivity contribution in [1.29, 1.82) is 0 Å². The monoisotopic (exact) mass is 291 g/mol. The van der Waals surface area contributed by atoms with Gasteiger partial charge in [-0.05, 0) is 41.1 Å². The van der Waals surface area contributed by atoms with Crippen LogP contribution >= 0.6 is 15.9 Å². The van der Waals surface area contributed by atoms with E-state index in [0.29, 0.717) is 22.1 Å². The van der Waals surface area contributed by atoms with Crippen LogP contribution in [0, 0.1) is 6.92 Å². The molecular formula is C13H10BrNO2. The molecule has 0 aliphatic carbocycles. The number of halogens is 1. The molecule has 3 rings (SSSR count). The second-order valence-electron chi connectivity index (χ2n) is 4.18. The quantitative estimate of drug-likeness (QED) is 0.637. The molecule has 2 aromatic heterocycles. The second-order valence-corrected chi connectivity index (χ2v) is 4.99. The third-order valence-electron chi connectivity index (χ3n) is 2.95. The molecule has 0 fully saturated rings. The van der Waals surface area contributed by atoms with Crippen LogP contribution in [0.5, 0.6) is 0 Å². The third-order valence-corrected chi connectivity index (χ3v) is 3.71. The Morgan fingerprint density at radius 3 is 2.76 bits per heavy atom. The predicted octanol–water partition coefficient (Wildman–Crippen LogP) is 3.36. The first-order chi connectivity index (χ1) is 8.08. The Bertz CT molecular complexity index is 798. The molecule has 3 nitrogen and oxygen atoms in total. The van der Waals surface area contributed by atoms with E-state index < -0.39 is 0 Å². The van der Waals surface area contributed by atoms with Crippen LogP contribution in [0.1, 0.15) is 5.56 Å². The molecule has 0 bridgehead atoms. The minimum Gasteiger partial charge on any atom is -0.439 e. The van der Waals surface area contributed by atoms with Crippen molar-refractivity contribution in [2.75, 3.05) is 0 Å². The van der Waals surface area contributed by atoms with Crippen LogP contribution in [0.2, 0.25) is 0 Å². The van der Waals surface area contributed by atoms with Crippen molar-refractivity contribution in [2.45, 2.75) is 6.92 Å². The first-order valence-electron chi connectivity index (χ1n) is 5.26. The van der Waals surface area contributed by atoms with Crippen LogP contribution < -0.4 is 5.43 Å². The lowest BCUT2D eigenvalue weighted by Crippen LogP contribution is -2.01. The van der Waals surface area contributed by atoms with Gasteiger partial charge in [-0.2, -0.15) is 0 Å². The van der Waals surface area contributed by atoms with Gasteiger partial charge in [-0.25, -0.2) is 0 Å². The molecule has 0 aliphatic heterocycles. The summed E-state index contributed by atoms with van der Waals surface area (Å²) in [6, 6.07) is 7.44. The maximum Gasteiger partial charge on any atom is 0.212 e. The molecule has 4 heteroatoms. The maximum absolute atomic E-state index is 12.3. The highest BCUT2D eigenvalue weighted by atomic mass is 79.9. The van der Waals surface area contributed by atoms with Crippen LogP contribution in [0.25, 0.3) is 22.1 Å². The van der Waals surface area contributed by atoms with E-state index in [1.54, 1.807) is 6.07 Å². The summed E-state index contributed by atoms with van der Waals surface area (Å²) in [5, 5.41) is 1.24. The van der Waals surface area contributed by atoms with Crippen LogP contribution in [0.3, 0.4) is 0 Å². The second kappa shape index (κ2) is 3.47. The van der Waals surface area contributed by atoms with Crippen molar-refractivity contribution in [3.8, 4) is 0 Å². The molecule has 0 saturated carbocycles. The van der Waals surface area contributed by atoms with Gasteiger partial charge < -0.3 is 8.98 Å². The zero-order chi connectivity index (χ0) is 12.2. The summed E-state index contributed by atoms with van der Waals surface area (Å²) >= 11 is 3.39. The standard InChI is InChI=1S/C13H10BrNO2/c1-7-3-4-10-8(5-7)12(16)9-6-11(14)15(2)13(9)17-10/h3-6H,1-2H3. The third kappa shape index (κ3) is 1.44. The summed E-state index contributed by atoms with van der Waals surface area (Å²) in [6.07, 6.45) is 0. The topological polar surface area (TPSA) is 35.1 Å². The normalized spacial score (nSPS) is 11.5.